The smallest absolute Gasteiger partial charge is 0.0230 e. The molecule has 0 atom stereocenters. The van der Waals surface area contributed by atoms with Crippen LogP contribution in [0.2, 0.25) is 0 Å². The van der Waals surface area contributed by atoms with Gasteiger partial charge in [0.05, 0.1) is 0 Å². The summed E-state index contributed by atoms with van der Waals surface area (Å²) in [5.41, 5.74) is 0. The van der Waals surface area contributed by atoms with Crippen molar-refractivity contribution in [2.75, 3.05) is 0 Å². The lowest BCUT2D eigenvalue weighted by molar-refractivity contribution is 0.611. The van der Waals surface area contributed by atoms with Gasteiger partial charge in [-0.1, -0.05) is 83.1 Å². The predicted octanol–water partition coefficient (Wildman–Crippen LogP) is 6.82. The maximum absolute atomic E-state index is 7.06. The second kappa shape index (κ2) is 16.5. The van der Waals surface area contributed by atoms with Crippen molar-refractivity contribution in [2.45, 2.75) is 90.9 Å². The Morgan fingerprint density at radius 3 is 1.89 bits per heavy atom. The largest absolute Gasteiger partial charge is 0.0882 e. The molecule has 0 saturated carbocycles. The van der Waals surface area contributed by atoms with E-state index in [0.29, 0.717) is 6.90 Å². The molecule has 0 fully saturated rings. The molecule has 0 rings (SSSR count). The Labute approximate surface area is 117 Å². The van der Waals surface area contributed by atoms with Crippen LogP contribution in [0.15, 0.2) is 24.3 Å². The molecule has 0 aliphatic carbocycles. The number of hydrogen-bond acceptors (Lipinski definition) is 0. The first-order chi connectivity index (χ1) is 9.41. The summed E-state index contributed by atoms with van der Waals surface area (Å²) in [5, 5.41) is 0. The highest BCUT2D eigenvalue weighted by Crippen LogP contribution is 2.07. The highest BCUT2D eigenvalue weighted by Gasteiger charge is 1.87. The van der Waals surface area contributed by atoms with Crippen molar-refractivity contribution in [1.82, 2.24) is 0 Å². The van der Waals surface area contributed by atoms with Gasteiger partial charge in [0.25, 0.3) is 0 Å². The number of rotatable bonds is 13. The SMILES string of the molecule is [2H]CCCCCCCCC=CCC=CCCCCC. The monoisotopic (exact) mass is 251 g/mol. The topological polar surface area (TPSA) is 0 Å². The summed E-state index contributed by atoms with van der Waals surface area (Å²) in [7, 11) is 0. The molecular formula is C18H34. The molecule has 0 amide bonds. The van der Waals surface area contributed by atoms with E-state index in [1.165, 1.54) is 64.2 Å². The van der Waals surface area contributed by atoms with Crippen LogP contribution in [-0.2, 0) is 0 Å². The molecule has 18 heavy (non-hydrogen) atoms. The third-order valence-electron chi connectivity index (χ3n) is 3.20. The first kappa shape index (κ1) is 15.5. The van der Waals surface area contributed by atoms with Gasteiger partial charge >= 0.3 is 0 Å². The van der Waals surface area contributed by atoms with Gasteiger partial charge < -0.3 is 0 Å². The molecule has 0 bridgehead atoms. The van der Waals surface area contributed by atoms with Gasteiger partial charge in [0.1, 0.15) is 0 Å². The summed E-state index contributed by atoms with van der Waals surface area (Å²) in [6, 6.07) is 0. The zero-order valence-electron chi connectivity index (χ0n) is 13.5. The van der Waals surface area contributed by atoms with Crippen LogP contribution < -0.4 is 0 Å². The fourth-order valence-corrected chi connectivity index (χ4v) is 1.99. The number of allylic oxidation sites excluding steroid dienone is 4. The molecule has 0 aliphatic rings. The number of unbranched alkanes of at least 4 members (excludes halogenated alkanes) is 9. The molecular weight excluding hydrogens is 216 g/mol. The second-order valence-electron chi connectivity index (χ2n) is 5.08. The molecule has 0 aromatic carbocycles. The van der Waals surface area contributed by atoms with Crippen molar-refractivity contribution < 1.29 is 1.37 Å². The minimum absolute atomic E-state index is 0.606. The standard InChI is InChI=1S/C18H34/c1-3-5-7-9-11-13-15-17-18-16-14-12-10-8-6-4-2/h11,13,17-18H,3-10,12,14-16H2,1-2H3/i2D. The lowest BCUT2D eigenvalue weighted by atomic mass is 10.1. The summed E-state index contributed by atoms with van der Waals surface area (Å²) in [5.74, 6) is 0. The van der Waals surface area contributed by atoms with Gasteiger partial charge in [-0.3, -0.25) is 0 Å². The van der Waals surface area contributed by atoms with Crippen molar-refractivity contribution >= 4 is 0 Å². The fourth-order valence-electron chi connectivity index (χ4n) is 1.99. The van der Waals surface area contributed by atoms with Crippen LogP contribution in [0.4, 0.5) is 0 Å². The first-order valence-electron chi connectivity index (χ1n) is 8.71. The van der Waals surface area contributed by atoms with Gasteiger partial charge in [0.15, 0.2) is 0 Å². The van der Waals surface area contributed by atoms with Gasteiger partial charge in [-0.15, -0.1) is 0 Å². The van der Waals surface area contributed by atoms with Crippen LogP contribution in [0.5, 0.6) is 0 Å². The normalized spacial score (nSPS) is 12.6. The molecule has 0 spiro atoms. The first-order valence-corrected chi connectivity index (χ1v) is 8.01. The van der Waals surface area contributed by atoms with E-state index in [-0.39, 0.29) is 0 Å². The van der Waals surface area contributed by atoms with E-state index in [9.17, 15) is 0 Å². The maximum atomic E-state index is 7.06. The molecule has 0 heteroatoms. The molecule has 0 nitrogen and oxygen atoms in total. The number of hydrogen-bond donors (Lipinski definition) is 0. The maximum Gasteiger partial charge on any atom is 0.0230 e. The van der Waals surface area contributed by atoms with Crippen molar-refractivity contribution in [3.63, 3.8) is 0 Å². The van der Waals surface area contributed by atoms with Crippen LogP contribution in [-0.4, -0.2) is 0 Å². The van der Waals surface area contributed by atoms with Crippen molar-refractivity contribution in [1.29, 1.82) is 0 Å². The van der Waals surface area contributed by atoms with Crippen molar-refractivity contribution in [3.05, 3.63) is 24.3 Å². The minimum atomic E-state index is 0.606. The summed E-state index contributed by atoms with van der Waals surface area (Å²) in [4.78, 5) is 0. The van der Waals surface area contributed by atoms with Crippen molar-refractivity contribution in [3.8, 4) is 0 Å². The molecule has 0 heterocycles. The van der Waals surface area contributed by atoms with Crippen LogP contribution in [0.3, 0.4) is 0 Å². The van der Waals surface area contributed by atoms with Gasteiger partial charge in [-0.25, -0.2) is 0 Å². The Bertz CT molecular complexity index is 206. The summed E-state index contributed by atoms with van der Waals surface area (Å²) in [6.07, 6.45) is 24.6. The molecule has 0 saturated heterocycles. The van der Waals surface area contributed by atoms with E-state index < -0.39 is 0 Å². The third kappa shape index (κ3) is 15.5. The Morgan fingerprint density at radius 1 is 0.667 bits per heavy atom. The van der Waals surface area contributed by atoms with Crippen molar-refractivity contribution in [2.24, 2.45) is 0 Å². The van der Waals surface area contributed by atoms with E-state index in [4.69, 9.17) is 1.37 Å². The molecule has 0 aliphatic heterocycles. The van der Waals surface area contributed by atoms with Gasteiger partial charge in [-0.05, 0) is 32.1 Å². The zero-order valence-corrected chi connectivity index (χ0v) is 12.5. The zero-order chi connectivity index (χ0) is 14.0. The van der Waals surface area contributed by atoms with Crippen LogP contribution in [0, 0.1) is 0 Å². The summed E-state index contributed by atoms with van der Waals surface area (Å²) < 4.78 is 7.06. The molecule has 0 N–H and O–H groups in total. The van der Waals surface area contributed by atoms with E-state index in [1.54, 1.807) is 0 Å². The highest BCUT2D eigenvalue weighted by atomic mass is 13.9. The van der Waals surface area contributed by atoms with E-state index >= 15 is 0 Å². The third-order valence-corrected chi connectivity index (χ3v) is 3.20. The Hall–Kier alpha value is -0.520. The molecule has 0 aromatic rings. The second-order valence-corrected chi connectivity index (χ2v) is 5.08. The highest BCUT2D eigenvalue weighted by molar-refractivity contribution is 4.92. The summed E-state index contributed by atoms with van der Waals surface area (Å²) in [6.45, 7) is 2.86. The lowest BCUT2D eigenvalue weighted by Gasteiger charge is -1.97. The Kier molecular flexibility index (Phi) is 14.2. The Morgan fingerprint density at radius 2 is 1.22 bits per heavy atom. The molecule has 0 unspecified atom stereocenters. The lowest BCUT2D eigenvalue weighted by Crippen LogP contribution is -1.77. The summed E-state index contributed by atoms with van der Waals surface area (Å²) >= 11 is 0. The van der Waals surface area contributed by atoms with E-state index in [0.717, 1.165) is 12.8 Å². The quantitative estimate of drug-likeness (QED) is 0.249. The molecule has 106 valence electrons. The van der Waals surface area contributed by atoms with Gasteiger partial charge in [0.2, 0.25) is 0 Å². The minimum Gasteiger partial charge on any atom is -0.0882 e. The van der Waals surface area contributed by atoms with Gasteiger partial charge in [-0.2, -0.15) is 0 Å². The van der Waals surface area contributed by atoms with Crippen LogP contribution in [0.25, 0.3) is 0 Å². The average Bonchev–Trinajstić information content (AvgIpc) is 2.43. The van der Waals surface area contributed by atoms with Gasteiger partial charge in [0, 0.05) is 1.37 Å². The predicted molar refractivity (Wildman–Crippen MR) is 85.0 cm³/mol. The van der Waals surface area contributed by atoms with E-state index in [2.05, 4.69) is 31.2 Å². The van der Waals surface area contributed by atoms with E-state index in [1.807, 2.05) is 0 Å². The molecule has 0 aromatic heterocycles. The van der Waals surface area contributed by atoms with Crippen LogP contribution in [0.1, 0.15) is 92.2 Å². The Balaban J connectivity index is 3.12. The molecule has 0 radical (unpaired) electrons. The fraction of sp³-hybridized carbons (Fsp3) is 0.778. The van der Waals surface area contributed by atoms with Crippen LogP contribution >= 0.6 is 0 Å². The average molecular weight is 251 g/mol.